The number of hydrogen-bond acceptors (Lipinski definition) is 3. The highest BCUT2D eigenvalue weighted by molar-refractivity contribution is 6.33. The number of rotatable bonds is 9. The maximum Gasteiger partial charge on any atom is 0.262 e. The van der Waals surface area contributed by atoms with Crippen LogP contribution in [-0.4, -0.2) is 18.4 Å². The molecule has 2 rings (SSSR count). The fourth-order valence-electron chi connectivity index (χ4n) is 2.61. The SMILES string of the molecule is CCCC(=O)Nc1ccc(Cl)c(NC(=O)COc2ccc(C(C)CC)cc2)c1. The Balaban J connectivity index is 1.92. The van der Waals surface area contributed by atoms with Crippen LogP contribution in [0.25, 0.3) is 0 Å². The molecule has 0 saturated heterocycles. The molecule has 6 heteroatoms. The van der Waals surface area contributed by atoms with E-state index in [1.54, 1.807) is 18.2 Å². The minimum absolute atomic E-state index is 0.0775. The Kier molecular flexibility index (Phi) is 8.33. The summed E-state index contributed by atoms with van der Waals surface area (Å²) in [5, 5.41) is 5.89. The van der Waals surface area contributed by atoms with Crippen LogP contribution in [0.15, 0.2) is 42.5 Å². The van der Waals surface area contributed by atoms with Crippen LogP contribution < -0.4 is 15.4 Å². The fourth-order valence-corrected chi connectivity index (χ4v) is 2.78. The van der Waals surface area contributed by atoms with Gasteiger partial charge in [-0.15, -0.1) is 0 Å². The van der Waals surface area contributed by atoms with Gasteiger partial charge in [0.25, 0.3) is 5.91 Å². The summed E-state index contributed by atoms with van der Waals surface area (Å²) in [7, 11) is 0. The largest absolute Gasteiger partial charge is 0.484 e. The number of benzene rings is 2. The molecule has 5 nitrogen and oxygen atoms in total. The molecule has 0 heterocycles. The number of amides is 2. The Hall–Kier alpha value is -2.53. The van der Waals surface area contributed by atoms with Gasteiger partial charge in [0.05, 0.1) is 10.7 Å². The second-order valence-corrected chi connectivity index (χ2v) is 7.12. The molecule has 2 aromatic rings. The smallest absolute Gasteiger partial charge is 0.262 e. The third kappa shape index (κ3) is 6.57. The number of carbonyl (C=O) groups is 2. The summed E-state index contributed by atoms with van der Waals surface area (Å²) in [6.45, 7) is 6.12. The van der Waals surface area contributed by atoms with E-state index in [0.29, 0.717) is 34.5 Å². The van der Waals surface area contributed by atoms with Crippen molar-refractivity contribution in [3.05, 3.63) is 53.1 Å². The predicted octanol–water partition coefficient (Wildman–Crippen LogP) is 5.61. The number of anilines is 2. The molecule has 0 spiro atoms. The van der Waals surface area contributed by atoms with Crippen LogP contribution in [0.3, 0.4) is 0 Å². The van der Waals surface area contributed by atoms with E-state index in [1.807, 2.05) is 31.2 Å². The van der Waals surface area contributed by atoms with Gasteiger partial charge in [-0.3, -0.25) is 9.59 Å². The molecule has 1 atom stereocenters. The molecule has 2 aromatic carbocycles. The van der Waals surface area contributed by atoms with Crippen LogP contribution >= 0.6 is 11.6 Å². The maximum atomic E-state index is 12.2. The van der Waals surface area contributed by atoms with Gasteiger partial charge in [-0.05, 0) is 54.7 Å². The van der Waals surface area contributed by atoms with Crippen LogP contribution in [-0.2, 0) is 9.59 Å². The van der Waals surface area contributed by atoms with Crippen molar-refractivity contribution < 1.29 is 14.3 Å². The summed E-state index contributed by atoms with van der Waals surface area (Å²) < 4.78 is 5.55. The average molecular weight is 403 g/mol. The second-order valence-electron chi connectivity index (χ2n) is 6.71. The lowest BCUT2D eigenvalue weighted by Gasteiger charge is -2.12. The Bertz CT molecular complexity index is 806. The van der Waals surface area contributed by atoms with Crippen molar-refractivity contribution >= 4 is 34.8 Å². The van der Waals surface area contributed by atoms with E-state index in [1.165, 1.54) is 5.56 Å². The van der Waals surface area contributed by atoms with Crippen LogP contribution in [0.5, 0.6) is 5.75 Å². The zero-order valence-electron chi connectivity index (χ0n) is 16.5. The first-order valence-corrected chi connectivity index (χ1v) is 9.92. The normalized spacial score (nSPS) is 11.6. The lowest BCUT2D eigenvalue weighted by molar-refractivity contribution is -0.118. The van der Waals surface area contributed by atoms with Crippen LogP contribution in [0.2, 0.25) is 5.02 Å². The van der Waals surface area contributed by atoms with Gasteiger partial charge in [0.15, 0.2) is 6.61 Å². The zero-order valence-corrected chi connectivity index (χ0v) is 17.3. The molecule has 150 valence electrons. The highest BCUT2D eigenvalue weighted by Gasteiger charge is 2.10. The van der Waals surface area contributed by atoms with E-state index in [9.17, 15) is 9.59 Å². The summed E-state index contributed by atoms with van der Waals surface area (Å²) >= 11 is 6.15. The van der Waals surface area contributed by atoms with E-state index >= 15 is 0 Å². The second kappa shape index (κ2) is 10.7. The fraction of sp³-hybridized carbons (Fsp3) is 0.364. The lowest BCUT2D eigenvalue weighted by Crippen LogP contribution is -2.20. The first-order valence-electron chi connectivity index (χ1n) is 9.55. The molecule has 1 unspecified atom stereocenters. The van der Waals surface area contributed by atoms with Gasteiger partial charge in [0.2, 0.25) is 5.91 Å². The lowest BCUT2D eigenvalue weighted by atomic mass is 9.99. The Morgan fingerprint density at radius 2 is 1.75 bits per heavy atom. The molecule has 0 bridgehead atoms. The van der Waals surface area contributed by atoms with Crippen molar-refractivity contribution in [1.29, 1.82) is 0 Å². The molecule has 2 amide bonds. The van der Waals surface area contributed by atoms with Crippen molar-refractivity contribution in [1.82, 2.24) is 0 Å². The van der Waals surface area contributed by atoms with E-state index in [2.05, 4.69) is 24.5 Å². The number of ether oxygens (including phenoxy) is 1. The highest BCUT2D eigenvalue weighted by atomic mass is 35.5. The predicted molar refractivity (Wildman–Crippen MR) is 114 cm³/mol. The van der Waals surface area contributed by atoms with Crippen LogP contribution in [0, 0.1) is 0 Å². The quantitative estimate of drug-likeness (QED) is 0.572. The molecule has 0 aliphatic heterocycles. The summed E-state index contributed by atoms with van der Waals surface area (Å²) in [4.78, 5) is 23.9. The van der Waals surface area contributed by atoms with Crippen LogP contribution in [0.1, 0.15) is 51.5 Å². The number of nitrogens with one attached hydrogen (secondary N) is 2. The molecule has 2 N–H and O–H groups in total. The Labute approximate surface area is 171 Å². The monoisotopic (exact) mass is 402 g/mol. The Morgan fingerprint density at radius 1 is 1.04 bits per heavy atom. The van der Waals surface area contributed by atoms with Crippen molar-refractivity contribution in [2.24, 2.45) is 0 Å². The molecule has 0 saturated carbocycles. The summed E-state index contributed by atoms with van der Waals surface area (Å²) in [5.41, 5.74) is 2.25. The average Bonchev–Trinajstić information content (AvgIpc) is 2.69. The van der Waals surface area contributed by atoms with Crippen molar-refractivity contribution in [3.63, 3.8) is 0 Å². The van der Waals surface area contributed by atoms with Crippen molar-refractivity contribution in [2.45, 2.75) is 46.0 Å². The van der Waals surface area contributed by atoms with Gasteiger partial charge in [-0.25, -0.2) is 0 Å². The van der Waals surface area contributed by atoms with E-state index < -0.39 is 0 Å². The molecule has 0 aromatic heterocycles. The van der Waals surface area contributed by atoms with Crippen molar-refractivity contribution in [2.75, 3.05) is 17.2 Å². The van der Waals surface area contributed by atoms with Gasteiger partial charge in [0.1, 0.15) is 5.75 Å². The van der Waals surface area contributed by atoms with Crippen LogP contribution in [0.4, 0.5) is 11.4 Å². The first kappa shape index (κ1) is 21.8. The first-order chi connectivity index (χ1) is 13.4. The zero-order chi connectivity index (χ0) is 20.5. The molecular formula is C22H27ClN2O3. The number of halogens is 1. The van der Waals surface area contributed by atoms with Gasteiger partial charge in [0, 0.05) is 12.1 Å². The van der Waals surface area contributed by atoms with Gasteiger partial charge < -0.3 is 15.4 Å². The van der Waals surface area contributed by atoms with Crippen molar-refractivity contribution in [3.8, 4) is 5.75 Å². The summed E-state index contributed by atoms with van der Waals surface area (Å²) in [5.74, 6) is 0.717. The molecule has 28 heavy (non-hydrogen) atoms. The molecule has 0 aliphatic carbocycles. The topological polar surface area (TPSA) is 67.4 Å². The summed E-state index contributed by atoms with van der Waals surface area (Å²) in [6.07, 6.45) is 2.27. The molecular weight excluding hydrogens is 376 g/mol. The maximum absolute atomic E-state index is 12.2. The van der Waals surface area contributed by atoms with E-state index in [4.69, 9.17) is 16.3 Å². The minimum Gasteiger partial charge on any atom is -0.484 e. The van der Waals surface area contributed by atoms with Gasteiger partial charge >= 0.3 is 0 Å². The number of carbonyl (C=O) groups excluding carboxylic acids is 2. The molecule has 0 aliphatic rings. The standard InChI is InChI=1S/C22H27ClN2O3/c1-4-6-21(26)24-17-9-12-19(23)20(13-17)25-22(27)14-28-18-10-7-16(8-11-18)15(3)5-2/h7-13,15H,4-6,14H2,1-3H3,(H,24,26)(H,25,27). The summed E-state index contributed by atoms with van der Waals surface area (Å²) in [6, 6.07) is 12.7. The highest BCUT2D eigenvalue weighted by Crippen LogP contribution is 2.26. The van der Waals surface area contributed by atoms with E-state index in [-0.39, 0.29) is 18.4 Å². The third-order valence-corrected chi connectivity index (χ3v) is 4.76. The minimum atomic E-state index is -0.329. The van der Waals surface area contributed by atoms with Gasteiger partial charge in [-0.2, -0.15) is 0 Å². The molecule has 0 fully saturated rings. The van der Waals surface area contributed by atoms with E-state index in [0.717, 1.165) is 12.8 Å². The van der Waals surface area contributed by atoms with Gasteiger partial charge in [-0.1, -0.05) is 44.5 Å². The molecule has 0 radical (unpaired) electrons. The third-order valence-electron chi connectivity index (χ3n) is 4.43. The number of hydrogen-bond donors (Lipinski definition) is 2. The Morgan fingerprint density at radius 3 is 2.39 bits per heavy atom.